The molecule has 184 valence electrons. The standard InChI is InChI=1S/C25H26N2O7S/c1-5-32-23(29)17-12-18(16-10-8-7-9-11-16)35-22(17)27-19(28)13-34-25(31)21-14(3)20(15(4)26-21)24(30)33-6-2/h7-12,26H,5-6,13H2,1-4H3,(H,27,28). The normalized spacial score (nSPS) is 10.5. The lowest BCUT2D eigenvalue weighted by molar-refractivity contribution is -0.119. The van der Waals surface area contributed by atoms with Gasteiger partial charge in [0.2, 0.25) is 0 Å². The van der Waals surface area contributed by atoms with Gasteiger partial charge in [0.05, 0.1) is 24.3 Å². The van der Waals surface area contributed by atoms with E-state index >= 15 is 0 Å². The maximum Gasteiger partial charge on any atom is 0.355 e. The number of ether oxygens (including phenoxy) is 3. The number of esters is 3. The van der Waals surface area contributed by atoms with E-state index in [1.54, 1.807) is 33.8 Å². The van der Waals surface area contributed by atoms with Gasteiger partial charge in [-0.25, -0.2) is 14.4 Å². The van der Waals surface area contributed by atoms with Gasteiger partial charge in [-0.2, -0.15) is 0 Å². The number of aromatic nitrogens is 1. The Morgan fingerprint density at radius 2 is 1.57 bits per heavy atom. The van der Waals surface area contributed by atoms with E-state index in [-0.39, 0.29) is 30.0 Å². The number of rotatable bonds is 9. The Morgan fingerprint density at radius 1 is 0.914 bits per heavy atom. The topological polar surface area (TPSA) is 124 Å². The molecule has 0 unspecified atom stereocenters. The van der Waals surface area contributed by atoms with Crippen LogP contribution in [0.15, 0.2) is 36.4 Å². The van der Waals surface area contributed by atoms with E-state index in [0.717, 1.165) is 10.4 Å². The Labute approximate surface area is 206 Å². The molecule has 3 aromatic rings. The van der Waals surface area contributed by atoms with Crippen molar-refractivity contribution in [3.8, 4) is 10.4 Å². The molecule has 0 aliphatic heterocycles. The van der Waals surface area contributed by atoms with Gasteiger partial charge in [-0.15, -0.1) is 11.3 Å². The number of amides is 1. The van der Waals surface area contributed by atoms with E-state index in [0.29, 0.717) is 16.3 Å². The molecule has 9 nitrogen and oxygen atoms in total. The van der Waals surface area contributed by atoms with Crippen molar-refractivity contribution in [3.05, 3.63) is 64.5 Å². The summed E-state index contributed by atoms with van der Waals surface area (Å²) in [6.07, 6.45) is 0. The molecule has 2 aromatic heterocycles. The third-order valence-electron chi connectivity index (χ3n) is 4.99. The third-order valence-corrected chi connectivity index (χ3v) is 6.09. The molecule has 0 fully saturated rings. The maximum atomic E-state index is 12.6. The Balaban J connectivity index is 1.72. The Hall–Kier alpha value is -3.92. The van der Waals surface area contributed by atoms with Crippen LogP contribution in [0.4, 0.5) is 5.00 Å². The summed E-state index contributed by atoms with van der Waals surface area (Å²) in [5.74, 6) is -2.54. The van der Waals surface area contributed by atoms with Crippen molar-refractivity contribution in [1.29, 1.82) is 0 Å². The average molecular weight is 499 g/mol. The molecule has 1 aromatic carbocycles. The van der Waals surface area contributed by atoms with Crippen LogP contribution in [-0.4, -0.2) is 48.6 Å². The Bertz CT molecular complexity index is 1240. The highest BCUT2D eigenvalue weighted by atomic mass is 32.1. The minimum Gasteiger partial charge on any atom is -0.462 e. The number of carbonyl (C=O) groups is 4. The number of aromatic amines is 1. The van der Waals surface area contributed by atoms with Crippen molar-refractivity contribution in [1.82, 2.24) is 4.98 Å². The molecule has 0 atom stereocenters. The highest BCUT2D eigenvalue weighted by molar-refractivity contribution is 7.20. The third kappa shape index (κ3) is 5.96. The lowest BCUT2D eigenvalue weighted by atomic mass is 10.1. The van der Waals surface area contributed by atoms with Gasteiger partial charge in [0.15, 0.2) is 6.61 Å². The molecule has 0 aliphatic carbocycles. The van der Waals surface area contributed by atoms with Gasteiger partial charge in [-0.3, -0.25) is 4.79 Å². The molecule has 3 rings (SSSR count). The summed E-state index contributed by atoms with van der Waals surface area (Å²) in [6.45, 7) is 6.40. The second-order valence-electron chi connectivity index (χ2n) is 7.41. The summed E-state index contributed by atoms with van der Waals surface area (Å²) in [6, 6.07) is 11.0. The first-order valence-electron chi connectivity index (χ1n) is 11.0. The number of nitrogens with one attached hydrogen (secondary N) is 2. The number of hydrogen-bond acceptors (Lipinski definition) is 8. The van der Waals surface area contributed by atoms with Crippen LogP contribution in [0.2, 0.25) is 0 Å². The molecule has 0 radical (unpaired) electrons. The largest absolute Gasteiger partial charge is 0.462 e. The number of benzene rings is 1. The molecule has 1 amide bonds. The zero-order valence-electron chi connectivity index (χ0n) is 19.9. The predicted molar refractivity (Wildman–Crippen MR) is 131 cm³/mol. The summed E-state index contributed by atoms with van der Waals surface area (Å²) in [4.78, 5) is 53.3. The summed E-state index contributed by atoms with van der Waals surface area (Å²) >= 11 is 1.21. The molecule has 0 bridgehead atoms. The summed E-state index contributed by atoms with van der Waals surface area (Å²) in [5.41, 5.74) is 2.25. The number of thiophene rings is 1. The predicted octanol–water partition coefficient (Wildman–Crippen LogP) is 4.51. The van der Waals surface area contributed by atoms with E-state index in [1.165, 1.54) is 11.3 Å². The maximum absolute atomic E-state index is 12.6. The average Bonchev–Trinajstić information content (AvgIpc) is 3.38. The first-order valence-corrected chi connectivity index (χ1v) is 11.8. The van der Waals surface area contributed by atoms with Gasteiger partial charge >= 0.3 is 17.9 Å². The zero-order chi connectivity index (χ0) is 25.5. The van der Waals surface area contributed by atoms with Crippen LogP contribution in [0.25, 0.3) is 10.4 Å². The monoisotopic (exact) mass is 498 g/mol. The number of aryl methyl sites for hydroxylation is 1. The fourth-order valence-corrected chi connectivity index (χ4v) is 4.49. The van der Waals surface area contributed by atoms with Crippen molar-refractivity contribution in [2.45, 2.75) is 27.7 Å². The summed E-state index contributed by atoms with van der Waals surface area (Å²) in [7, 11) is 0. The highest BCUT2D eigenvalue weighted by Gasteiger charge is 2.25. The van der Waals surface area contributed by atoms with Gasteiger partial charge in [0.1, 0.15) is 10.7 Å². The van der Waals surface area contributed by atoms with Gasteiger partial charge in [-0.05, 0) is 44.9 Å². The Kier molecular flexibility index (Phi) is 8.43. The molecular formula is C25H26N2O7S. The van der Waals surface area contributed by atoms with Crippen LogP contribution in [0.3, 0.4) is 0 Å². The molecule has 2 N–H and O–H groups in total. The zero-order valence-corrected chi connectivity index (χ0v) is 20.7. The first kappa shape index (κ1) is 25.7. The summed E-state index contributed by atoms with van der Waals surface area (Å²) in [5, 5.41) is 2.92. The van der Waals surface area contributed by atoms with Crippen LogP contribution in [-0.2, 0) is 19.0 Å². The number of hydrogen-bond donors (Lipinski definition) is 2. The van der Waals surface area contributed by atoms with Crippen molar-refractivity contribution in [2.75, 3.05) is 25.1 Å². The van der Waals surface area contributed by atoms with Crippen LogP contribution >= 0.6 is 11.3 Å². The van der Waals surface area contributed by atoms with Gasteiger partial charge in [-0.1, -0.05) is 30.3 Å². The van der Waals surface area contributed by atoms with Crippen molar-refractivity contribution < 1.29 is 33.4 Å². The van der Waals surface area contributed by atoms with Crippen LogP contribution < -0.4 is 5.32 Å². The lowest BCUT2D eigenvalue weighted by Gasteiger charge is -2.07. The lowest BCUT2D eigenvalue weighted by Crippen LogP contribution is -2.22. The minimum atomic E-state index is -0.793. The molecule has 0 spiro atoms. The van der Waals surface area contributed by atoms with Gasteiger partial charge in [0, 0.05) is 10.6 Å². The summed E-state index contributed by atoms with van der Waals surface area (Å²) < 4.78 is 15.3. The smallest absolute Gasteiger partial charge is 0.355 e. The quantitative estimate of drug-likeness (QED) is 0.329. The van der Waals surface area contributed by atoms with Gasteiger partial charge < -0.3 is 24.5 Å². The van der Waals surface area contributed by atoms with Crippen molar-refractivity contribution in [2.24, 2.45) is 0 Å². The van der Waals surface area contributed by atoms with Crippen molar-refractivity contribution in [3.63, 3.8) is 0 Å². The SMILES string of the molecule is CCOC(=O)c1cc(-c2ccccc2)sc1NC(=O)COC(=O)c1[nH]c(C)c(C(=O)OCC)c1C. The van der Waals surface area contributed by atoms with Gasteiger partial charge in [0.25, 0.3) is 5.91 Å². The fourth-order valence-electron chi connectivity index (χ4n) is 3.42. The first-order chi connectivity index (χ1) is 16.8. The van der Waals surface area contributed by atoms with E-state index in [1.807, 2.05) is 30.3 Å². The molecule has 0 aliphatic rings. The van der Waals surface area contributed by atoms with E-state index in [4.69, 9.17) is 14.2 Å². The second-order valence-corrected chi connectivity index (χ2v) is 8.46. The number of carbonyl (C=O) groups excluding carboxylic acids is 4. The fraction of sp³-hybridized carbons (Fsp3) is 0.280. The van der Waals surface area contributed by atoms with E-state index in [9.17, 15) is 19.2 Å². The molecule has 10 heteroatoms. The number of anilines is 1. The molecule has 2 heterocycles. The van der Waals surface area contributed by atoms with Crippen LogP contribution in [0, 0.1) is 13.8 Å². The van der Waals surface area contributed by atoms with Crippen LogP contribution in [0.5, 0.6) is 0 Å². The van der Waals surface area contributed by atoms with E-state index < -0.39 is 30.4 Å². The number of H-pyrrole nitrogens is 1. The molecule has 0 saturated heterocycles. The Morgan fingerprint density at radius 3 is 2.23 bits per heavy atom. The second kappa shape index (κ2) is 11.5. The molecular weight excluding hydrogens is 472 g/mol. The van der Waals surface area contributed by atoms with Crippen molar-refractivity contribution >= 4 is 40.2 Å². The van der Waals surface area contributed by atoms with E-state index in [2.05, 4.69) is 10.3 Å². The highest BCUT2D eigenvalue weighted by Crippen LogP contribution is 2.36. The molecule has 0 saturated carbocycles. The molecule has 35 heavy (non-hydrogen) atoms. The van der Waals surface area contributed by atoms with Crippen LogP contribution in [0.1, 0.15) is 56.3 Å². The minimum absolute atomic E-state index is 0.0630.